The second-order valence-electron chi connectivity index (χ2n) is 1.77. The van der Waals surface area contributed by atoms with Gasteiger partial charge in [0.25, 0.3) is 0 Å². The van der Waals surface area contributed by atoms with E-state index in [4.69, 9.17) is 0 Å². The van der Waals surface area contributed by atoms with Gasteiger partial charge >= 0.3 is 0 Å². The van der Waals surface area contributed by atoms with E-state index in [0.29, 0.717) is 0 Å². The predicted octanol–water partition coefficient (Wildman–Crippen LogP) is 0.772. The molecule has 0 radical (unpaired) electrons. The molecule has 0 bridgehead atoms. The zero-order chi connectivity index (χ0) is 7.49. The molecule has 0 saturated carbocycles. The molecule has 0 aromatic rings. The van der Waals surface area contributed by atoms with Crippen molar-refractivity contribution in [3.63, 3.8) is 0 Å². The SMILES string of the molecule is C=CC(C=C)S(C)(=O)=O. The first kappa shape index (κ1) is 8.43. The van der Waals surface area contributed by atoms with Crippen LogP contribution in [-0.4, -0.2) is 19.9 Å². The minimum absolute atomic E-state index is 0.600. The zero-order valence-corrected chi connectivity index (χ0v) is 6.19. The quantitative estimate of drug-likeness (QED) is 0.551. The van der Waals surface area contributed by atoms with Gasteiger partial charge in [0.2, 0.25) is 0 Å². The van der Waals surface area contributed by atoms with Crippen LogP contribution in [0.3, 0.4) is 0 Å². The standard InChI is InChI=1S/C6H10O2S/c1-4-6(5-2)9(3,7)8/h4-6H,1-2H2,3H3. The summed E-state index contributed by atoms with van der Waals surface area (Å²) in [5.74, 6) is 0. The Labute approximate surface area is 55.8 Å². The van der Waals surface area contributed by atoms with Gasteiger partial charge in [0.15, 0.2) is 9.84 Å². The monoisotopic (exact) mass is 146 g/mol. The van der Waals surface area contributed by atoms with Crippen LogP contribution in [0.2, 0.25) is 0 Å². The maximum Gasteiger partial charge on any atom is 0.157 e. The van der Waals surface area contributed by atoms with Gasteiger partial charge in [-0.2, -0.15) is 0 Å². The van der Waals surface area contributed by atoms with Crippen LogP contribution in [0.4, 0.5) is 0 Å². The lowest BCUT2D eigenvalue weighted by atomic mass is 10.4. The minimum Gasteiger partial charge on any atom is -0.228 e. The van der Waals surface area contributed by atoms with Crippen molar-refractivity contribution < 1.29 is 8.42 Å². The van der Waals surface area contributed by atoms with Gasteiger partial charge < -0.3 is 0 Å². The summed E-state index contributed by atoms with van der Waals surface area (Å²) < 4.78 is 21.3. The van der Waals surface area contributed by atoms with Gasteiger partial charge in [0, 0.05) is 6.26 Å². The van der Waals surface area contributed by atoms with Gasteiger partial charge in [-0.3, -0.25) is 0 Å². The molecule has 0 heterocycles. The van der Waals surface area contributed by atoms with Crippen LogP contribution in [0, 0.1) is 0 Å². The van der Waals surface area contributed by atoms with Crippen molar-refractivity contribution in [1.29, 1.82) is 0 Å². The molecule has 0 fully saturated rings. The fourth-order valence-corrected chi connectivity index (χ4v) is 1.14. The number of sulfone groups is 1. The van der Waals surface area contributed by atoms with Crippen LogP contribution in [-0.2, 0) is 9.84 Å². The molecule has 0 aliphatic heterocycles. The second kappa shape index (κ2) is 2.82. The maximum absolute atomic E-state index is 10.7. The van der Waals surface area contributed by atoms with Gasteiger partial charge in [-0.25, -0.2) is 8.42 Å². The first-order valence-corrected chi connectivity index (χ1v) is 4.42. The van der Waals surface area contributed by atoms with Gasteiger partial charge in [0.05, 0.1) is 5.25 Å². The summed E-state index contributed by atoms with van der Waals surface area (Å²) in [4.78, 5) is 0. The van der Waals surface area contributed by atoms with Crippen molar-refractivity contribution in [1.82, 2.24) is 0 Å². The highest BCUT2D eigenvalue weighted by atomic mass is 32.2. The lowest BCUT2D eigenvalue weighted by molar-refractivity contribution is 0.600. The Bertz CT molecular complexity index is 193. The Kier molecular flexibility index (Phi) is 2.65. The first-order chi connectivity index (χ1) is 4.02. The Balaban J connectivity index is 4.51. The molecule has 0 amide bonds. The Morgan fingerprint density at radius 1 is 1.33 bits per heavy atom. The summed E-state index contributed by atoms with van der Waals surface area (Å²) in [5, 5.41) is -0.600. The van der Waals surface area contributed by atoms with E-state index >= 15 is 0 Å². The Hall–Kier alpha value is -0.570. The normalized spacial score (nSPS) is 11.3. The second-order valence-corrected chi connectivity index (χ2v) is 3.97. The van der Waals surface area contributed by atoms with Gasteiger partial charge in [-0.15, -0.1) is 13.2 Å². The van der Waals surface area contributed by atoms with Crippen LogP contribution in [0.15, 0.2) is 25.3 Å². The van der Waals surface area contributed by atoms with E-state index in [2.05, 4.69) is 13.2 Å². The van der Waals surface area contributed by atoms with Crippen molar-refractivity contribution in [3.8, 4) is 0 Å². The molecule has 3 heteroatoms. The third-order valence-corrected chi connectivity index (χ3v) is 2.33. The topological polar surface area (TPSA) is 34.1 Å². The van der Waals surface area contributed by atoms with Crippen molar-refractivity contribution in [2.45, 2.75) is 5.25 Å². The Morgan fingerprint density at radius 3 is 1.67 bits per heavy atom. The van der Waals surface area contributed by atoms with E-state index in [9.17, 15) is 8.42 Å². The summed E-state index contributed by atoms with van der Waals surface area (Å²) in [7, 11) is -3.00. The zero-order valence-electron chi connectivity index (χ0n) is 5.37. The third-order valence-electron chi connectivity index (χ3n) is 0.959. The molecule has 0 unspecified atom stereocenters. The van der Waals surface area contributed by atoms with Crippen molar-refractivity contribution in [2.24, 2.45) is 0 Å². The minimum atomic E-state index is -3.00. The highest BCUT2D eigenvalue weighted by Crippen LogP contribution is 1.99. The predicted molar refractivity (Wildman–Crippen MR) is 39.0 cm³/mol. The maximum atomic E-state index is 10.7. The van der Waals surface area contributed by atoms with E-state index < -0.39 is 15.1 Å². The van der Waals surface area contributed by atoms with Crippen LogP contribution in [0.25, 0.3) is 0 Å². The Morgan fingerprint density at radius 2 is 1.67 bits per heavy atom. The van der Waals surface area contributed by atoms with E-state index in [1.165, 1.54) is 12.2 Å². The average molecular weight is 146 g/mol. The molecule has 0 spiro atoms. The van der Waals surface area contributed by atoms with Crippen LogP contribution in [0.5, 0.6) is 0 Å². The molecular formula is C6H10O2S. The van der Waals surface area contributed by atoms with Gasteiger partial charge in [0.1, 0.15) is 0 Å². The number of hydrogen-bond donors (Lipinski definition) is 0. The lowest BCUT2D eigenvalue weighted by Gasteiger charge is -2.00. The fraction of sp³-hybridized carbons (Fsp3) is 0.333. The summed E-state index contributed by atoms with van der Waals surface area (Å²) in [6, 6.07) is 0. The van der Waals surface area contributed by atoms with E-state index in [1.54, 1.807) is 0 Å². The molecule has 0 aliphatic carbocycles. The summed E-state index contributed by atoms with van der Waals surface area (Å²) in [6.07, 6.45) is 3.85. The van der Waals surface area contributed by atoms with E-state index in [1.807, 2.05) is 0 Å². The van der Waals surface area contributed by atoms with E-state index in [0.717, 1.165) is 6.26 Å². The molecule has 0 aromatic heterocycles. The largest absolute Gasteiger partial charge is 0.228 e. The fourth-order valence-electron chi connectivity index (χ4n) is 0.446. The summed E-state index contributed by atoms with van der Waals surface area (Å²) in [5.41, 5.74) is 0. The average Bonchev–Trinajstić information content (AvgIpc) is 1.65. The van der Waals surface area contributed by atoms with Crippen LogP contribution >= 0.6 is 0 Å². The number of hydrogen-bond acceptors (Lipinski definition) is 2. The molecule has 9 heavy (non-hydrogen) atoms. The molecule has 2 nitrogen and oxygen atoms in total. The van der Waals surface area contributed by atoms with Gasteiger partial charge in [-0.05, 0) is 0 Å². The molecule has 0 atom stereocenters. The van der Waals surface area contributed by atoms with Crippen molar-refractivity contribution >= 4 is 9.84 Å². The first-order valence-electron chi connectivity index (χ1n) is 2.46. The molecule has 0 rings (SSSR count). The molecule has 0 aliphatic rings. The lowest BCUT2D eigenvalue weighted by Crippen LogP contribution is -2.13. The van der Waals surface area contributed by atoms with Crippen molar-refractivity contribution in [3.05, 3.63) is 25.3 Å². The van der Waals surface area contributed by atoms with Crippen LogP contribution < -0.4 is 0 Å². The van der Waals surface area contributed by atoms with Gasteiger partial charge in [-0.1, -0.05) is 12.2 Å². The molecule has 0 aromatic carbocycles. The van der Waals surface area contributed by atoms with Crippen molar-refractivity contribution in [2.75, 3.05) is 6.26 Å². The molecule has 52 valence electrons. The summed E-state index contributed by atoms with van der Waals surface area (Å²) in [6.45, 7) is 6.70. The molecule has 0 N–H and O–H groups in total. The molecular weight excluding hydrogens is 136 g/mol. The number of rotatable bonds is 3. The van der Waals surface area contributed by atoms with Crippen LogP contribution in [0.1, 0.15) is 0 Å². The summed E-state index contributed by atoms with van der Waals surface area (Å²) >= 11 is 0. The third kappa shape index (κ3) is 2.46. The highest BCUT2D eigenvalue weighted by Gasteiger charge is 2.10. The molecule has 0 saturated heterocycles. The van der Waals surface area contributed by atoms with E-state index in [-0.39, 0.29) is 0 Å². The smallest absolute Gasteiger partial charge is 0.157 e. The highest BCUT2D eigenvalue weighted by molar-refractivity contribution is 7.91.